The Morgan fingerprint density at radius 1 is 1.50 bits per heavy atom. The zero-order valence-corrected chi connectivity index (χ0v) is 10.2. The number of aliphatic hydroxyl groups excluding tert-OH is 1. The van der Waals surface area contributed by atoms with Crippen LogP contribution >= 0.6 is 11.3 Å². The zero-order chi connectivity index (χ0) is 11.0. The fourth-order valence-electron chi connectivity index (χ4n) is 2.19. The van der Waals surface area contributed by atoms with Crippen molar-refractivity contribution in [3.8, 4) is 0 Å². The summed E-state index contributed by atoms with van der Waals surface area (Å²) < 4.78 is 0. The van der Waals surface area contributed by atoms with Gasteiger partial charge in [0.1, 0.15) is 0 Å². The summed E-state index contributed by atoms with van der Waals surface area (Å²) in [5.41, 5.74) is 1.15. The molecule has 2 aliphatic rings. The minimum absolute atomic E-state index is 0.00333. The Balaban J connectivity index is 1.56. The maximum Gasteiger partial charge on any atom is 0.0959 e. The summed E-state index contributed by atoms with van der Waals surface area (Å²) in [6, 6.07) is 0. The molecular formula is C12H18N2OS. The van der Waals surface area contributed by atoms with E-state index in [4.69, 9.17) is 0 Å². The Bertz CT molecular complexity index is 363. The van der Waals surface area contributed by atoms with Gasteiger partial charge in [-0.2, -0.15) is 0 Å². The quantitative estimate of drug-likeness (QED) is 0.825. The molecule has 0 spiro atoms. The number of aromatic nitrogens is 1. The first-order valence-electron chi connectivity index (χ1n) is 6.11. The predicted molar refractivity (Wildman–Crippen MR) is 64.6 cm³/mol. The minimum Gasteiger partial charge on any atom is -0.394 e. The van der Waals surface area contributed by atoms with Gasteiger partial charge in [-0.15, -0.1) is 11.3 Å². The molecule has 1 heterocycles. The fraction of sp³-hybridized carbons (Fsp3) is 0.750. The zero-order valence-electron chi connectivity index (χ0n) is 9.41. The van der Waals surface area contributed by atoms with E-state index in [9.17, 15) is 5.11 Å². The van der Waals surface area contributed by atoms with Gasteiger partial charge >= 0.3 is 0 Å². The second-order valence-electron chi connectivity index (χ2n) is 5.10. The highest BCUT2D eigenvalue weighted by molar-refractivity contribution is 7.09. The molecule has 1 aromatic heterocycles. The second kappa shape index (κ2) is 4.09. The molecule has 3 nitrogen and oxygen atoms in total. The average Bonchev–Trinajstić information content (AvgIpc) is 2.98. The number of nitrogens with zero attached hydrogens (tertiary/aromatic N) is 1. The molecular weight excluding hydrogens is 220 g/mol. The highest BCUT2D eigenvalue weighted by atomic mass is 32.1. The second-order valence-corrected chi connectivity index (χ2v) is 5.99. The summed E-state index contributed by atoms with van der Waals surface area (Å²) in [5.74, 6) is 0.759. The molecule has 2 saturated carbocycles. The van der Waals surface area contributed by atoms with Gasteiger partial charge < -0.3 is 10.4 Å². The van der Waals surface area contributed by atoms with Gasteiger partial charge in [0.15, 0.2) is 0 Å². The van der Waals surface area contributed by atoms with Crippen molar-refractivity contribution in [2.24, 2.45) is 0 Å². The van der Waals surface area contributed by atoms with Crippen LogP contribution in [0.5, 0.6) is 0 Å². The number of hydrogen-bond acceptors (Lipinski definition) is 4. The maximum atomic E-state index is 9.34. The first kappa shape index (κ1) is 10.7. The Kier molecular flexibility index (Phi) is 2.73. The van der Waals surface area contributed by atoms with Crippen LogP contribution in [0.3, 0.4) is 0 Å². The molecule has 0 radical (unpaired) electrons. The number of hydrogen-bond donors (Lipinski definition) is 2. The monoisotopic (exact) mass is 238 g/mol. The van der Waals surface area contributed by atoms with Crippen molar-refractivity contribution < 1.29 is 5.11 Å². The standard InChI is InChI=1S/C12H18N2OS/c15-8-12(4-1-5-12)13-6-10-7-16-11(14-10)9-2-3-9/h7,9,13,15H,1-6,8H2. The molecule has 2 aliphatic carbocycles. The molecule has 0 amide bonds. The molecule has 0 saturated heterocycles. The highest BCUT2D eigenvalue weighted by Gasteiger charge is 2.35. The van der Waals surface area contributed by atoms with Gasteiger partial charge in [0.2, 0.25) is 0 Å². The van der Waals surface area contributed by atoms with Crippen LogP contribution in [0.25, 0.3) is 0 Å². The Morgan fingerprint density at radius 3 is 2.88 bits per heavy atom. The number of aliphatic hydroxyl groups is 1. The number of nitrogens with one attached hydrogen (secondary N) is 1. The molecule has 2 N–H and O–H groups in total. The topological polar surface area (TPSA) is 45.1 Å². The molecule has 88 valence electrons. The summed E-state index contributed by atoms with van der Waals surface area (Å²) >= 11 is 1.79. The van der Waals surface area contributed by atoms with E-state index in [1.165, 1.54) is 24.3 Å². The summed E-state index contributed by atoms with van der Waals surface area (Å²) in [7, 11) is 0. The lowest BCUT2D eigenvalue weighted by Gasteiger charge is -2.41. The van der Waals surface area contributed by atoms with Crippen molar-refractivity contribution in [3.63, 3.8) is 0 Å². The van der Waals surface area contributed by atoms with Crippen molar-refractivity contribution in [1.82, 2.24) is 10.3 Å². The van der Waals surface area contributed by atoms with Gasteiger partial charge in [-0.3, -0.25) is 0 Å². The fourth-order valence-corrected chi connectivity index (χ4v) is 3.18. The third kappa shape index (κ3) is 2.01. The van der Waals surface area contributed by atoms with E-state index in [1.54, 1.807) is 11.3 Å². The molecule has 16 heavy (non-hydrogen) atoms. The molecule has 0 atom stereocenters. The van der Waals surface area contributed by atoms with Crippen LogP contribution in [-0.2, 0) is 6.54 Å². The Labute approximate surface area is 99.9 Å². The van der Waals surface area contributed by atoms with Gasteiger partial charge in [-0.05, 0) is 32.1 Å². The van der Waals surface area contributed by atoms with Crippen LogP contribution in [-0.4, -0.2) is 22.2 Å². The van der Waals surface area contributed by atoms with E-state index in [-0.39, 0.29) is 12.1 Å². The van der Waals surface area contributed by atoms with E-state index < -0.39 is 0 Å². The lowest BCUT2D eigenvalue weighted by molar-refractivity contribution is 0.0869. The molecule has 0 aromatic carbocycles. The Morgan fingerprint density at radius 2 is 2.31 bits per heavy atom. The van der Waals surface area contributed by atoms with E-state index in [0.29, 0.717) is 0 Å². The smallest absolute Gasteiger partial charge is 0.0959 e. The van der Waals surface area contributed by atoms with Gasteiger partial charge in [-0.1, -0.05) is 0 Å². The third-order valence-corrected chi connectivity index (χ3v) is 4.81. The van der Waals surface area contributed by atoms with Crippen molar-refractivity contribution in [2.45, 2.75) is 50.1 Å². The number of rotatable bonds is 5. The highest BCUT2D eigenvalue weighted by Crippen LogP contribution is 2.41. The average molecular weight is 238 g/mol. The summed E-state index contributed by atoms with van der Waals surface area (Å²) in [5, 5.41) is 16.3. The maximum absolute atomic E-state index is 9.34. The van der Waals surface area contributed by atoms with Crippen LogP contribution in [0.15, 0.2) is 5.38 Å². The molecule has 0 aliphatic heterocycles. The van der Waals surface area contributed by atoms with Crippen LogP contribution < -0.4 is 5.32 Å². The molecule has 2 fully saturated rings. The van der Waals surface area contributed by atoms with Gasteiger partial charge in [0.05, 0.1) is 17.3 Å². The SMILES string of the molecule is OCC1(NCc2csc(C3CC3)n2)CCC1. The van der Waals surface area contributed by atoms with Crippen LogP contribution in [0.4, 0.5) is 0 Å². The van der Waals surface area contributed by atoms with Crippen LogP contribution in [0.1, 0.15) is 48.7 Å². The van der Waals surface area contributed by atoms with Gasteiger partial charge in [0.25, 0.3) is 0 Å². The lowest BCUT2D eigenvalue weighted by atomic mass is 9.77. The van der Waals surface area contributed by atoms with Crippen molar-refractivity contribution in [3.05, 3.63) is 16.1 Å². The molecule has 4 heteroatoms. The van der Waals surface area contributed by atoms with E-state index in [2.05, 4.69) is 15.7 Å². The normalized spacial score (nSPS) is 23.1. The van der Waals surface area contributed by atoms with Crippen LogP contribution in [0, 0.1) is 0 Å². The summed E-state index contributed by atoms with van der Waals surface area (Å²) in [4.78, 5) is 4.64. The first-order valence-corrected chi connectivity index (χ1v) is 6.99. The largest absolute Gasteiger partial charge is 0.394 e. The van der Waals surface area contributed by atoms with Crippen molar-refractivity contribution in [1.29, 1.82) is 0 Å². The predicted octanol–water partition coefficient (Wildman–Crippen LogP) is 2.03. The molecule has 1 aromatic rings. The van der Waals surface area contributed by atoms with Crippen LogP contribution in [0.2, 0.25) is 0 Å². The lowest BCUT2D eigenvalue weighted by Crippen LogP contribution is -2.53. The third-order valence-electron chi connectivity index (χ3n) is 3.75. The molecule has 0 unspecified atom stereocenters. The first-order chi connectivity index (χ1) is 7.81. The van der Waals surface area contributed by atoms with Gasteiger partial charge in [0, 0.05) is 23.4 Å². The van der Waals surface area contributed by atoms with E-state index >= 15 is 0 Å². The minimum atomic E-state index is 0.00333. The number of thiazole rings is 1. The Hall–Kier alpha value is -0.450. The molecule has 0 bridgehead atoms. The summed E-state index contributed by atoms with van der Waals surface area (Å²) in [6.45, 7) is 1.07. The molecule has 3 rings (SSSR count). The van der Waals surface area contributed by atoms with E-state index in [1.807, 2.05) is 0 Å². The van der Waals surface area contributed by atoms with E-state index in [0.717, 1.165) is 31.0 Å². The summed E-state index contributed by atoms with van der Waals surface area (Å²) in [6.07, 6.45) is 6.08. The van der Waals surface area contributed by atoms with Crippen molar-refractivity contribution in [2.75, 3.05) is 6.61 Å². The van der Waals surface area contributed by atoms with Crippen molar-refractivity contribution >= 4 is 11.3 Å². The van der Waals surface area contributed by atoms with Gasteiger partial charge in [-0.25, -0.2) is 4.98 Å².